The fourth-order valence-corrected chi connectivity index (χ4v) is 2.09. The number of carbonyl (C=O) groups is 1. The van der Waals surface area contributed by atoms with Crippen LogP contribution in [0.25, 0.3) is 0 Å². The Morgan fingerprint density at radius 2 is 2.21 bits per heavy atom. The van der Waals surface area contributed by atoms with E-state index in [-0.39, 0.29) is 11.3 Å². The standard InChI is InChI=1S/C13H16N2O4/c1-2-14(8-9-3-4-9)12-6-5-10(15(18)19)7-11(12)13(16)17/h5-7,9H,2-4,8H2,1H3,(H,16,17). The number of carboxylic acids is 1. The second-order valence-corrected chi connectivity index (χ2v) is 4.75. The van der Waals surface area contributed by atoms with Crippen molar-refractivity contribution in [2.75, 3.05) is 18.0 Å². The third-order valence-electron chi connectivity index (χ3n) is 3.32. The number of nitrogens with zero attached hydrogens (tertiary/aromatic N) is 2. The van der Waals surface area contributed by atoms with E-state index in [1.165, 1.54) is 25.0 Å². The Kier molecular flexibility index (Phi) is 3.69. The molecule has 19 heavy (non-hydrogen) atoms. The van der Waals surface area contributed by atoms with Gasteiger partial charge >= 0.3 is 5.97 Å². The normalized spacial score (nSPS) is 14.2. The maximum atomic E-state index is 11.3. The van der Waals surface area contributed by atoms with E-state index < -0.39 is 10.9 Å². The predicted octanol–water partition coefficient (Wildman–Crippen LogP) is 2.53. The second-order valence-electron chi connectivity index (χ2n) is 4.75. The first-order valence-electron chi connectivity index (χ1n) is 6.29. The Morgan fingerprint density at radius 1 is 1.53 bits per heavy atom. The maximum Gasteiger partial charge on any atom is 0.338 e. The van der Waals surface area contributed by atoms with Crippen LogP contribution in [0.1, 0.15) is 30.1 Å². The molecule has 1 saturated carbocycles. The van der Waals surface area contributed by atoms with Crippen molar-refractivity contribution in [2.24, 2.45) is 5.92 Å². The Balaban J connectivity index is 2.36. The zero-order valence-electron chi connectivity index (χ0n) is 10.7. The summed E-state index contributed by atoms with van der Waals surface area (Å²) in [6.07, 6.45) is 2.35. The smallest absolute Gasteiger partial charge is 0.338 e. The van der Waals surface area contributed by atoms with E-state index in [2.05, 4.69) is 0 Å². The summed E-state index contributed by atoms with van der Waals surface area (Å²) < 4.78 is 0. The van der Waals surface area contributed by atoms with Crippen LogP contribution < -0.4 is 4.90 Å². The van der Waals surface area contributed by atoms with E-state index in [1.807, 2.05) is 11.8 Å². The summed E-state index contributed by atoms with van der Waals surface area (Å²) in [5.74, 6) is -0.510. The van der Waals surface area contributed by atoms with Gasteiger partial charge in [0.25, 0.3) is 5.69 Å². The van der Waals surface area contributed by atoms with Gasteiger partial charge in [0.1, 0.15) is 0 Å². The zero-order valence-corrected chi connectivity index (χ0v) is 10.7. The van der Waals surface area contributed by atoms with Crippen molar-refractivity contribution >= 4 is 17.3 Å². The van der Waals surface area contributed by atoms with Crippen molar-refractivity contribution in [3.05, 3.63) is 33.9 Å². The van der Waals surface area contributed by atoms with E-state index in [9.17, 15) is 20.0 Å². The summed E-state index contributed by atoms with van der Waals surface area (Å²) in [5, 5.41) is 19.9. The van der Waals surface area contributed by atoms with Crippen molar-refractivity contribution in [2.45, 2.75) is 19.8 Å². The molecule has 6 nitrogen and oxygen atoms in total. The molecule has 1 aromatic carbocycles. The van der Waals surface area contributed by atoms with Crippen LogP contribution in [0.4, 0.5) is 11.4 Å². The van der Waals surface area contributed by atoms with Crippen molar-refractivity contribution in [1.29, 1.82) is 0 Å². The number of aromatic carboxylic acids is 1. The van der Waals surface area contributed by atoms with Crippen LogP contribution in [0.3, 0.4) is 0 Å². The van der Waals surface area contributed by atoms with Gasteiger partial charge in [0.05, 0.1) is 16.2 Å². The Bertz CT molecular complexity index is 511. The molecule has 1 fully saturated rings. The number of nitro benzene ring substituents is 1. The molecular formula is C13H16N2O4. The molecule has 0 unspecified atom stereocenters. The number of non-ortho nitro benzene ring substituents is 1. The minimum Gasteiger partial charge on any atom is -0.478 e. The first-order chi connectivity index (χ1) is 9.02. The van der Waals surface area contributed by atoms with Crippen molar-refractivity contribution < 1.29 is 14.8 Å². The average molecular weight is 264 g/mol. The van der Waals surface area contributed by atoms with Crippen LogP contribution in [-0.4, -0.2) is 29.1 Å². The SMILES string of the molecule is CCN(CC1CC1)c1ccc([N+](=O)[O-])cc1C(=O)O. The minimum atomic E-state index is -1.13. The molecule has 1 aliphatic rings. The molecule has 102 valence electrons. The summed E-state index contributed by atoms with van der Waals surface area (Å²) in [6.45, 7) is 3.46. The molecule has 0 heterocycles. The van der Waals surface area contributed by atoms with Gasteiger partial charge in [-0.15, -0.1) is 0 Å². The van der Waals surface area contributed by atoms with Crippen LogP contribution in [0.5, 0.6) is 0 Å². The topological polar surface area (TPSA) is 83.7 Å². The highest BCUT2D eigenvalue weighted by atomic mass is 16.6. The van der Waals surface area contributed by atoms with E-state index in [4.69, 9.17) is 0 Å². The Labute approximate surface area is 110 Å². The van der Waals surface area contributed by atoms with Gasteiger partial charge in [-0.1, -0.05) is 0 Å². The summed E-state index contributed by atoms with van der Waals surface area (Å²) in [6, 6.07) is 4.03. The number of benzene rings is 1. The van der Waals surface area contributed by atoms with Crippen molar-refractivity contribution in [3.8, 4) is 0 Å². The largest absolute Gasteiger partial charge is 0.478 e. The van der Waals surface area contributed by atoms with Crippen LogP contribution in [0, 0.1) is 16.0 Å². The predicted molar refractivity (Wildman–Crippen MR) is 70.7 cm³/mol. The molecule has 0 saturated heterocycles. The molecule has 0 amide bonds. The van der Waals surface area contributed by atoms with Crippen LogP contribution >= 0.6 is 0 Å². The van der Waals surface area contributed by atoms with Crippen LogP contribution in [0.15, 0.2) is 18.2 Å². The minimum absolute atomic E-state index is 0.00306. The van der Waals surface area contributed by atoms with Crippen molar-refractivity contribution in [1.82, 2.24) is 0 Å². The quantitative estimate of drug-likeness (QED) is 0.630. The molecule has 2 rings (SSSR count). The van der Waals surface area contributed by atoms with E-state index >= 15 is 0 Å². The summed E-state index contributed by atoms with van der Waals surface area (Å²) in [4.78, 5) is 23.4. The Hall–Kier alpha value is -2.11. The first-order valence-corrected chi connectivity index (χ1v) is 6.29. The van der Waals surface area contributed by atoms with Crippen LogP contribution in [-0.2, 0) is 0 Å². The highest BCUT2D eigenvalue weighted by Crippen LogP contribution is 2.33. The number of anilines is 1. The fraction of sp³-hybridized carbons (Fsp3) is 0.462. The van der Waals surface area contributed by atoms with E-state index in [0.29, 0.717) is 18.2 Å². The highest BCUT2D eigenvalue weighted by Gasteiger charge is 2.26. The lowest BCUT2D eigenvalue weighted by Crippen LogP contribution is -2.27. The van der Waals surface area contributed by atoms with Gasteiger partial charge in [-0.05, 0) is 31.7 Å². The van der Waals surface area contributed by atoms with Gasteiger partial charge in [0.15, 0.2) is 0 Å². The fourth-order valence-electron chi connectivity index (χ4n) is 2.09. The third kappa shape index (κ3) is 3.01. The van der Waals surface area contributed by atoms with Crippen molar-refractivity contribution in [3.63, 3.8) is 0 Å². The highest BCUT2D eigenvalue weighted by molar-refractivity contribution is 5.95. The average Bonchev–Trinajstić information content (AvgIpc) is 3.19. The molecule has 0 spiro atoms. The molecule has 0 aliphatic heterocycles. The zero-order chi connectivity index (χ0) is 14.0. The molecule has 0 radical (unpaired) electrons. The number of hydrogen-bond donors (Lipinski definition) is 1. The molecular weight excluding hydrogens is 248 g/mol. The molecule has 0 atom stereocenters. The molecule has 0 aromatic heterocycles. The number of rotatable bonds is 6. The van der Waals surface area contributed by atoms with Gasteiger partial charge in [0, 0.05) is 25.2 Å². The maximum absolute atomic E-state index is 11.3. The lowest BCUT2D eigenvalue weighted by atomic mass is 10.1. The summed E-state index contributed by atoms with van der Waals surface area (Å²) in [7, 11) is 0. The summed E-state index contributed by atoms with van der Waals surface area (Å²) >= 11 is 0. The molecule has 1 aliphatic carbocycles. The monoisotopic (exact) mass is 264 g/mol. The second kappa shape index (κ2) is 5.26. The van der Waals surface area contributed by atoms with Gasteiger partial charge in [-0.2, -0.15) is 0 Å². The van der Waals surface area contributed by atoms with Gasteiger partial charge in [0.2, 0.25) is 0 Å². The lowest BCUT2D eigenvalue weighted by molar-refractivity contribution is -0.384. The number of carboxylic acid groups (broad SMARTS) is 1. The lowest BCUT2D eigenvalue weighted by Gasteiger charge is -2.24. The molecule has 1 N–H and O–H groups in total. The first kappa shape index (κ1) is 13.3. The van der Waals surface area contributed by atoms with E-state index in [0.717, 1.165) is 12.6 Å². The molecule has 1 aromatic rings. The van der Waals surface area contributed by atoms with Crippen LogP contribution in [0.2, 0.25) is 0 Å². The third-order valence-corrected chi connectivity index (χ3v) is 3.32. The summed E-state index contributed by atoms with van der Waals surface area (Å²) in [5.41, 5.74) is 0.368. The van der Waals surface area contributed by atoms with Gasteiger partial charge in [-0.3, -0.25) is 10.1 Å². The van der Waals surface area contributed by atoms with Gasteiger partial charge in [-0.25, -0.2) is 4.79 Å². The van der Waals surface area contributed by atoms with Gasteiger partial charge < -0.3 is 10.0 Å². The number of hydrogen-bond acceptors (Lipinski definition) is 4. The number of nitro groups is 1. The Morgan fingerprint density at radius 3 is 2.68 bits per heavy atom. The molecule has 6 heteroatoms. The van der Waals surface area contributed by atoms with E-state index in [1.54, 1.807) is 0 Å². The molecule has 0 bridgehead atoms.